The zero-order valence-electron chi connectivity index (χ0n) is 18.7. The van der Waals surface area contributed by atoms with E-state index in [2.05, 4.69) is 0 Å². The Bertz CT molecular complexity index is 1210. The molecule has 34 heavy (non-hydrogen) atoms. The third-order valence-corrected chi connectivity index (χ3v) is 6.71. The first kappa shape index (κ1) is 23.5. The van der Waals surface area contributed by atoms with Crippen molar-refractivity contribution in [3.05, 3.63) is 95.3 Å². The standard InChI is InChI=1S/C27H25F3N2O2/c1-17(18-2-4-19(5-3-18)23-11-10-22(29)14-24(23)30)32-13-12-27(15-25(31)33,16-26(32)34)20-6-8-21(28)9-7-20/h2-11,14,17H,12-13,15-16H2,1H3,(H2,31,33)/t17-,27?/m0/s1. The fraction of sp³-hybridized carbons (Fsp3) is 0.259. The highest BCUT2D eigenvalue weighted by molar-refractivity contribution is 5.82. The summed E-state index contributed by atoms with van der Waals surface area (Å²) in [5.41, 5.74) is 7.22. The molecule has 2 atom stereocenters. The molecule has 2 amide bonds. The first-order chi connectivity index (χ1) is 16.2. The van der Waals surface area contributed by atoms with Crippen LogP contribution in [0.25, 0.3) is 11.1 Å². The van der Waals surface area contributed by atoms with Gasteiger partial charge < -0.3 is 10.6 Å². The number of rotatable bonds is 6. The summed E-state index contributed by atoms with van der Waals surface area (Å²) >= 11 is 0. The van der Waals surface area contributed by atoms with Crippen molar-refractivity contribution in [2.75, 3.05) is 6.54 Å². The van der Waals surface area contributed by atoms with Crippen molar-refractivity contribution in [2.24, 2.45) is 5.73 Å². The highest BCUT2D eigenvalue weighted by Gasteiger charge is 2.42. The predicted molar refractivity (Wildman–Crippen MR) is 123 cm³/mol. The number of carbonyl (C=O) groups is 2. The zero-order valence-corrected chi connectivity index (χ0v) is 18.7. The highest BCUT2D eigenvalue weighted by Crippen LogP contribution is 2.41. The van der Waals surface area contributed by atoms with Crippen molar-refractivity contribution < 1.29 is 22.8 Å². The van der Waals surface area contributed by atoms with Crippen molar-refractivity contribution in [2.45, 2.75) is 37.6 Å². The van der Waals surface area contributed by atoms with Crippen molar-refractivity contribution in [1.29, 1.82) is 0 Å². The number of halogens is 3. The molecule has 2 N–H and O–H groups in total. The molecular weight excluding hydrogens is 441 g/mol. The largest absolute Gasteiger partial charge is 0.370 e. The summed E-state index contributed by atoms with van der Waals surface area (Å²) in [6, 6.07) is 16.2. The molecule has 4 nitrogen and oxygen atoms in total. The van der Waals surface area contributed by atoms with Crippen LogP contribution in [0.1, 0.15) is 43.4 Å². The lowest BCUT2D eigenvalue weighted by atomic mass is 9.69. The van der Waals surface area contributed by atoms with Crippen LogP contribution in [-0.2, 0) is 15.0 Å². The second kappa shape index (κ2) is 9.33. The number of hydrogen-bond acceptors (Lipinski definition) is 2. The molecule has 1 aliphatic heterocycles. The van der Waals surface area contributed by atoms with Gasteiger partial charge in [-0.05, 0) is 54.3 Å². The normalized spacial score (nSPS) is 19.2. The van der Waals surface area contributed by atoms with Gasteiger partial charge in [0.15, 0.2) is 0 Å². The van der Waals surface area contributed by atoms with Gasteiger partial charge in [0, 0.05) is 36.4 Å². The van der Waals surface area contributed by atoms with Gasteiger partial charge in [-0.25, -0.2) is 13.2 Å². The average molecular weight is 467 g/mol. The molecule has 0 spiro atoms. The molecule has 0 aromatic heterocycles. The second-order valence-corrected chi connectivity index (χ2v) is 8.87. The Hall–Kier alpha value is -3.61. The molecule has 1 fully saturated rings. The third-order valence-electron chi connectivity index (χ3n) is 6.71. The number of piperidine rings is 1. The Morgan fingerprint density at radius 1 is 1.00 bits per heavy atom. The van der Waals surface area contributed by atoms with Gasteiger partial charge in [0.25, 0.3) is 0 Å². The number of nitrogens with zero attached hydrogens (tertiary/aromatic N) is 1. The van der Waals surface area contributed by atoms with Gasteiger partial charge in [-0.2, -0.15) is 0 Å². The van der Waals surface area contributed by atoms with Gasteiger partial charge in [-0.15, -0.1) is 0 Å². The van der Waals surface area contributed by atoms with E-state index in [0.717, 1.165) is 17.2 Å². The van der Waals surface area contributed by atoms with Crippen molar-refractivity contribution in [1.82, 2.24) is 4.90 Å². The van der Waals surface area contributed by atoms with E-state index >= 15 is 0 Å². The third kappa shape index (κ3) is 4.69. The summed E-state index contributed by atoms with van der Waals surface area (Å²) in [7, 11) is 0. The molecule has 1 heterocycles. The minimum absolute atomic E-state index is 0.00449. The van der Waals surface area contributed by atoms with E-state index < -0.39 is 23.0 Å². The number of hydrogen-bond donors (Lipinski definition) is 1. The Kier molecular flexibility index (Phi) is 6.46. The highest BCUT2D eigenvalue weighted by atomic mass is 19.1. The van der Waals surface area contributed by atoms with E-state index in [1.165, 1.54) is 24.3 Å². The Morgan fingerprint density at radius 3 is 2.24 bits per heavy atom. The summed E-state index contributed by atoms with van der Waals surface area (Å²) in [6.07, 6.45) is 0.603. The lowest BCUT2D eigenvalue weighted by Crippen LogP contribution is -2.48. The number of nitrogens with two attached hydrogens (primary N) is 1. The Labute approximate surface area is 196 Å². The number of primary amides is 1. The molecule has 7 heteroatoms. The van der Waals surface area contributed by atoms with Crippen molar-refractivity contribution >= 4 is 11.8 Å². The molecular formula is C27H25F3N2O2. The van der Waals surface area contributed by atoms with E-state index in [4.69, 9.17) is 5.73 Å². The van der Waals surface area contributed by atoms with Crippen molar-refractivity contribution in [3.8, 4) is 11.1 Å². The maximum Gasteiger partial charge on any atom is 0.223 e. The number of likely N-dealkylation sites (tertiary alicyclic amines) is 1. The number of carbonyl (C=O) groups excluding carboxylic acids is 2. The van der Waals surface area contributed by atoms with Gasteiger partial charge in [0.05, 0.1) is 6.04 Å². The summed E-state index contributed by atoms with van der Waals surface area (Å²) in [5, 5.41) is 0. The van der Waals surface area contributed by atoms with E-state index in [0.29, 0.717) is 24.1 Å². The van der Waals surface area contributed by atoms with E-state index in [1.54, 1.807) is 29.2 Å². The van der Waals surface area contributed by atoms with Gasteiger partial charge >= 0.3 is 0 Å². The Balaban J connectivity index is 1.54. The van der Waals surface area contributed by atoms with Crippen LogP contribution in [0.15, 0.2) is 66.7 Å². The molecule has 1 aliphatic rings. The first-order valence-electron chi connectivity index (χ1n) is 11.1. The monoisotopic (exact) mass is 466 g/mol. The minimum atomic E-state index is -0.767. The van der Waals surface area contributed by atoms with Crippen LogP contribution >= 0.6 is 0 Å². The van der Waals surface area contributed by atoms with Crippen molar-refractivity contribution in [3.63, 3.8) is 0 Å². The van der Waals surface area contributed by atoms with Crippen LogP contribution in [-0.4, -0.2) is 23.3 Å². The van der Waals surface area contributed by atoms with Crippen LogP contribution in [0.3, 0.4) is 0 Å². The fourth-order valence-corrected chi connectivity index (χ4v) is 4.83. The maximum atomic E-state index is 14.1. The van der Waals surface area contributed by atoms with Crippen LogP contribution < -0.4 is 5.73 Å². The molecule has 0 saturated carbocycles. The topological polar surface area (TPSA) is 63.4 Å². The lowest BCUT2D eigenvalue weighted by Gasteiger charge is -2.43. The van der Waals surface area contributed by atoms with E-state index in [-0.39, 0.29) is 30.6 Å². The van der Waals surface area contributed by atoms with E-state index in [1.807, 2.05) is 19.1 Å². The minimum Gasteiger partial charge on any atom is -0.370 e. The van der Waals surface area contributed by atoms with Crippen LogP contribution in [0.4, 0.5) is 13.2 Å². The molecule has 0 aliphatic carbocycles. The van der Waals surface area contributed by atoms with Gasteiger partial charge in [-0.1, -0.05) is 36.4 Å². The molecule has 1 saturated heterocycles. The molecule has 4 rings (SSSR count). The molecule has 3 aromatic rings. The van der Waals surface area contributed by atoms with Crippen LogP contribution in [0.2, 0.25) is 0 Å². The predicted octanol–water partition coefficient (Wildman–Crippen LogP) is 5.27. The van der Waals surface area contributed by atoms with Gasteiger partial charge in [0.1, 0.15) is 17.5 Å². The first-order valence-corrected chi connectivity index (χ1v) is 11.1. The quantitative estimate of drug-likeness (QED) is 0.538. The van der Waals surface area contributed by atoms with Crippen LogP contribution in [0, 0.1) is 17.5 Å². The molecule has 3 aromatic carbocycles. The smallest absolute Gasteiger partial charge is 0.223 e. The average Bonchev–Trinajstić information content (AvgIpc) is 2.79. The van der Waals surface area contributed by atoms with E-state index in [9.17, 15) is 22.8 Å². The number of amides is 2. The second-order valence-electron chi connectivity index (χ2n) is 8.87. The zero-order chi connectivity index (χ0) is 24.5. The summed E-state index contributed by atoms with van der Waals surface area (Å²) in [5.74, 6) is -2.30. The fourth-order valence-electron chi connectivity index (χ4n) is 4.83. The van der Waals surface area contributed by atoms with Crippen LogP contribution in [0.5, 0.6) is 0 Å². The molecule has 0 radical (unpaired) electrons. The molecule has 1 unspecified atom stereocenters. The maximum absolute atomic E-state index is 14.1. The van der Waals surface area contributed by atoms with Gasteiger partial charge in [-0.3, -0.25) is 9.59 Å². The number of benzene rings is 3. The molecule has 0 bridgehead atoms. The summed E-state index contributed by atoms with van der Waals surface area (Å²) in [4.78, 5) is 26.8. The molecule has 176 valence electrons. The SMILES string of the molecule is C[C@@H](c1ccc(-c2ccc(F)cc2F)cc1)N1CCC(CC(N)=O)(c2ccc(F)cc2)CC1=O. The Morgan fingerprint density at radius 2 is 1.65 bits per heavy atom. The summed E-state index contributed by atoms with van der Waals surface area (Å²) < 4.78 is 40.8. The summed E-state index contributed by atoms with van der Waals surface area (Å²) in [6.45, 7) is 2.31. The van der Waals surface area contributed by atoms with Gasteiger partial charge in [0.2, 0.25) is 11.8 Å². The lowest BCUT2D eigenvalue weighted by molar-refractivity contribution is -0.139.